The van der Waals surface area contributed by atoms with Gasteiger partial charge in [-0.1, -0.05) is 26.5 Å². The van der Waals surface area contributed by atoms with Gasteiger partial charge >= 0.3 is 29.0 Å². The van der Waals surface area contributed by atoms with E-state index in [1.165, 1.54) is 0 Å². The first-order valence-electron chi connectivity index (χ1n) is 14.6. The zero-order valence-electron chi connectivity index (χ0n) is 26.1. The van der Waals surface area contributed by atoms with Crippen LogP contribution in [0.25, 0.3) is 39.3 Å². The van der Waals surface area contributed by atoms with Crippen molar-refractivity contribution in [3.8, 4) is 0 Å². The van der Waals surface area contributed by atoms with Gasteiger partial charge in [-0.3, -0.25) is 9.78 Å². The summed E-state index contributed by atoms with van der Waals surface area (Å²) in [4.78, 5) is 52.8. The van der Waals surface area contributed by atoms with Crippen molar-refractivity contribution in [2.24, 2.45) is 0 Å². The number of carboxylic acid groups (broad SMARTS) is 3. The van der Waals surface area contributed by atoms with Gasteiger partial charge in [0.2, 0.25) is 0 Å². The van der Waals surface area contributed by atoms with Crippen molar-refractivity contribution in [2.45, 2.75) is 72.1 Å². The van der Waals surface area contributed by atoms with Crippen LogP contribution in [0.15, 0.2) is 24.8 Å². The standard InChI is InChI=1S/C34H36N4O6.Mg/c1-7-19-15(3)23-12-25-17(5)21(9-10-29(39)40)32(37-25)22(11-30(41)42)33-31(34(43)44)18(6)26(38-33)14-28-20(8-2)16(4)24(36-28)13-27(19)35-23;/h7,12-14,17,21,35-36H,1,8-11H2,2-6H3,(H,39,40)(H,41,42)(H,43,44);/q;+2/p-2. The molecule has 11 heteroatoms. The van der Waals surface area contributed by atoms with Crippen LogP contribution in [-0.4, -0.2) is 66.0 Å². The fourth-order valence-electron chi connectivity index (χ4n) is 6.51. The Morgan fingerprint density at radius 2 is 1.64 bits per heavy atom. The third-order valence-corrected chi connectivity index (χ3v) is 8.92. The summed E-state index contributed by atoms with van der Waals surface area (Å²) in [5.74, 6) is -4.78. The van der Waals surface area contributed by atoms with Crippen LogP contribution in [0.3, 0.4) is 0 Å². The number of hydrogen-bond acceptors (Lipinski definition) is 7. The van der Waals surface area contributed by atoms with Gasteiger partial charge in [0.05, 0.1) is 29.5 Å². The average molecular weight is 619 g/mol. The molecule has 8 bridgehead atoms. The third-order valence-electron chi connectivity index (χ3n) is 8.92. The van der Waals surface area contributed by atoms with Crippen molar-refractivity contribution in [2.75, 3.05) is 0 Å². The topological polar surface area (TPSA) is 175 Å². The van der Waals surface area contributed by atoms with Crippen LogP contribution >= 0.6 is 0 Å². The summed E-state index contributed by atoms with van der Waals surface area (Å²) in [6.07, 6.45) is 1.75. The largest absolute Gasteiger partial charge is 2.00 e. The number of carbonyl (C=O) groups excluding carboxylic acids is 2. The number of carbonyl (C=O) groups is 3. The Kier molecular flexibility index (Phi) is 9.74. The van der Waals surface area contributed by atoms with Crippen molar-refractivity contribution in [3.63, 3.8) is 0 Å². The van der Waals surface area contributed by atoms with E-state index in [9.17, 15) is 29.7 Å². The number of hydrogen-bond donors (Lipinski definition) is 3. The van der Waals surface area contributed by atoms with Gasteiger partial charge in [0, 0.05) is 62.3 Å². The molecular weight excluding hydrogens is 585 g/mol. The summed E-state index contributed by atoms with van der Waals surface area (Å²) in [7, 11) is 0. The van der Waals surface area contributed by atoms with Gasteiger partial charge in [-0.2, -0.15) is 0 Å². The quantitative estimate of drug-likeness (QED) is 0.322. The van der Waals surface area contributed by atoms with E-state index in [0.717, 1.165) is 44.3 Å². The van der Waals surface area contributed by atoms with E-state index in [4.69, 9.17) is 9.97 Å². The Morgan fingerprint density at radius 1 is 0.978 bits per heavy atom. The number of aromatic amines is 2. The Labute approximate surface area is 276 Å². The van der Waals surface area contributed by atoms with Gasteiger partial charge in [-0.05, 0) is 80.5 Å². The van der Waals surface area contributed by atoms with E-state index < -0.39 is 30.2 Å². The molecule has 0 amide bonds. The molecule has 2 aliphatic rings. The zero-order chi connectivity index (χ0) is 32.0. The molecule has 0 aromatic carbocycles. The van der Waals surface area contributed by atoms with Gasteiger partial charge in [0.1, 0.15) is 0 Å². The summed E-state index contributed by atoms with van der Waals surface area (Å²) >= 11 is 0. The fraction of sp³-hybridized carbons (Fsp3) is 0.324. The van der Waals surface area contributed by atoms with Gasteiger partial charge in [-0.25, -0.2) is 4.98 Å². The van der Waals surface area contributed by atoms with E-state index >= 15 is 0 Å². The minimum Gasteiger partial charge on any atom is -0.550 e. The van der Waals surface area contributed by atoms with E-state index in [2.05, 4.69) is 16.5 Å². The van der Waals surface area contributed by atoms with E-state index in [1.807, 2.05) is 39.8 Å². The first-order valence-corrected chi connectivity index (χ1v) is 14.6. The molecule has 5 heterocycles. The first-order chi connectivity index (χ1) is 20.9. The van der Waals surface area contributed by atoms with Crippen LogP contribution in [-0.2, 0) is 27.2 Å². The minimum atomic E-state index is -1.49. The van der Waals surface area contributed by atoms with Gasteiger partial charge in [0.25, 0.3) is 0 Å². The summed E-state index contributed by atoms with van der Waals surface area (Å²) in [5, 5.41) is 34.0. The fourth-order valence-corrected chi connectivity index (χ4v) is 6.51. The first kappa shape index (κ1) is 33.7. The molecule has 2 aliphatic heterocycles. The number of allylic oxidation sites excluding steroid dienone is 1. The molecule has 5 rings (SSSR count). The molecule has 2 unspecified atom stereocenters. The number of H-pyrrole nitrogens is 2. The number of rotatable bonds is 8. The molecule has 0 saturated heterocycles. The SMILES string of the molecule is C=Cc1c(C)c2cc3nc(c(CC(=O)O)c4nc(cc5[nH]c(cc1[nH]2)c(C)c5CC)C(C)=C4C(=O)[O-])C(CCC(=O)[O-])C3C.[Mg+2]. The predicted molar refractivity (Wildman–Crippen MR) is 170 cm³/mol. The Bertz CT molecular complexity index is 1950. The van der Waals surface area contributed by atoms with Gasteiger partial charge in [0.15, 0.2) is 0 Å². The summed E-state index contributed by atoms with van der Waals surface area (Å²) in [6.45, 7) is 13.5. The number of fused-ring (bicyclic) bond motifs is 8. The number of carboxylic acids is 3. The number of nitrogens with zero attached hydrogens (tertiary/aromatic N) is 2. The zero-order valence-corrected chi connectivity index (χ0v) is 27.5. The van der Waals surface area contributed by atoms with E-state index in [1.54, 1.807) is 19.1 Å². The number of aliphatic carboxylic acids is 3. The molecule has 0 saturated carbocycles. The molecule has 45 heavy (non-hydrogen) atoms. The molecule has 3 aromatic heterocycles. The van der Waals surface area contributed by atoms with Crippen molar-refractivity contribution in [1.29, 1.82) is 0 Å². The van der Waals surface area contributed by atoms with E-state index in [-0.39, 0.29) is 58.6 Å². The smallest absolute Gasteiger partial charge is 0.550 e. The second-order valence-corrected chi connectivity index (χ2v) is 11.4. The Hall–Kier alpha value is -4.22. The monoisotopic (exact) mass is 618 g/mol. The summed E-state index contributed by atoms with van der Waals surface area (Å²) in [5.41, 5.74) is 8.60. The van der Waals surface area contributed by atoms with Crippen LogP contribution in [0.2, 0.25) is 0 Å². The Morgan fingerprint density at radius 3 is 2.24 bits per heavy atom. The molecule has 0 radical (unpaired) electrons. The number of aryl methyl sites for hydroxylation is 3. The molecule has 3 aromatic rings. The maximum absolute atomic E-state index is 12.6. The minimum absolute atomic E-state index is 0. The van der Waals surface area contributed by atoms with Gasteiger partial charge in [-0.15, -0.1) is 0 Å². The van der Waals surface area contributed by atoms with Crippen LogP contribution in [0.5, 0.6) is 0 Å². The molecule has 228 valence electrons. The van der Waals surface area contributed by atoms with Crippen LogP contribution in [0.1, 0.15) is 96.0 Å². The average Bonchev–Trinajstić information content (AvgIpc) is 3.63. The van der Waals surface area contributed by atoms with Crippen molar-refractivity contribution >= 4 is 80.2 Å². The van der Waals surface area contributed by atoms with Crippen LogP contribution < -0.4 is 10.2 Å². The molecular formula is C34H34MgN4O6. The van der Waals surface area contributed by atoms with Crippen molar-refractivity contribution in [1.82, 2.24) is 19.9 Å². The molecule has 0 fully saturated rings. The summed E-state index contributed by atoms with van der Waals surface area (Å²) in [6, 6.07) is 5.66. The Balaban J connectivity index is 0.00000461. The maximum atomic E-state index is 12.6. The molecule has 3 N–H and O–H groups in total. The van der Waals surface area contributed by atoms with E-state index in [0.29, 0.717) is 29.1 Å². The number of nitrogens with one attached hydrogen (secondary N) is 2. The normalized spacial score (nSPS) is 15.9. The molecule has 0 aliphatic carbocycles. The second kappa shape index (κ2) is 13.0. The van der Waals surface area contributed by atoms with Crippen molar-refractivity contribution < 1.29 is 29.7 Å². The van der Waals surface area contributed by atoms with Crippen molar-refractivity contribution in [3.05, 3.63) is 75.4 Å². The third kappa shape index (κ3) is 6.06. The van der Waals surface area contributed by atoms with Crippen LogP contribution in [0, 0.1) is 13.8 Å². The molecule has 10 nitrogen and oxygen atoms in total. The molecule has 0 spiro atoms. The maximum Gasteiger partial charge on any atom is 2.00 e. The van der Waals surface area contributed by atoms with Crippen LogP contribution in [0.4, 0.5) is 0 Å². The predicted octanol–water partition coefficient (Wildman–Crippen LogP) is 3.48. The number of aromatic nitrogens is 4. The molecule has 2 atom stereocenters. The van der Waals surface area contributed by atoms with Gasteiger partial charge < -0.3 is 34.9 Å². The second-order valence-electron chi connectivity index (χ2n) is 11.4. The summed E-state index contributed by atoms with van der Waals surface area (Å²) < 4.78 is 0.